The maximum atomic E-state index is 13.2. The molecule has 0 radical (unpaired) electrons. The summed E-state index contributed by atoms with van der Waals surface area (Å²) in [4.78, 5) is 48.5. The number of ether oxygens (including phenoxy) is 2. The predicted octanol–water partition coefficient (Wildman–Crippen LogP) is 5.95. The predicted molar refractivity (Wildman–Crippen MR) is 155 cm³/mol. The van der Waals surface area contributed by atoms with E-state index in [0.717, 1.165) is 32.4 Å². The number of hydrogen-bond acceptors (Lipinski definition) is 8. The Balaban J connectivity index is 1.55. The van der Waals surface area contributed by atoms with E-state index in [4.69, 9.17) is 4.74 Å². The summed E-state index contributed by atoms with van der Waals surface area (Å²) in [6.45, 7) is 0. The van der Waals surface area contributed by atoms with Gasteiger partial charge >= 0.3 is 18.1 Å². The number of phenolic OH excluding ortho intramolecular Hbond substituents is 1. The van der Waals surface area contributed by atoms with E-state index in [1.807, 2.05) is 0 Å². The van der Waals surface area contributed by atoms with E-state index < -0.39 is 46.3 Å². The SMILES string of the molecule is COC(=O)c1cc(-c2ccc(C[C@H](NC(=O)c3cc(-c4ccc(C(F)(F)F)cc4)ccc3O)C(=O)OC)cc2)cc([N+](=O)[O-])c1. The highest BCUT2D eigenvalue weighted by Crippen LogP contribution is 2.32. The molecule has 0 saturated carbocycles. The highest BCUT2D eigenvalue weighted by atomic mass is 19.4. The quantitative estimate of drug-likeness (QED) is 0.132. The number of nitro benzene ring substituents is 1. The zero-order chi connectivity index (χ0) is 32.9. The van der Waals surface area contributed by atoms with E-state index in [-0.39, 0.29) is 23.2 Å². The van der Waals surface area contributed by atoms with Gasteiger partial charge in [-0.1, -0.05) is 42.5 Å². The molecule has 0 fully saturated rings. The van der Waals surface area contributed by atoms with Gasteiger partial charge in [0.05, 0.1) is 35.8 Å². The van der Waals surface area contributed by atoms with Crippen LogP contribution in [0.4, 0.5) is 18.9 Å². The molecule has 0 saturated heterocycles. The summed E-state index contributed by atoms with van der Waals surface area (Å²) in [6.07, 6.45) is -4.56. The third-order valence-corrected chi connectivity index (χ3v) is 6.85. The van der Waals surface area contributed by atoms with Crippen molar-refractivity contribution in [1.82, 2.24) is 5.32 Å². The summed E-state index contributed by atoms with van der Waals surface area (Å²) >= 11 is 0. The molecule has 45 heavy (non-hydrogen) atoms. The van der Waals surface area contributed by atoms with Crippen molar-refractivity contribution in [3.05, 3.63) is 117 Å². The minimum Gasteiger partial charge on any atom is -0.507 e. The average molecular weight is 623 g/mol. The van der Waals surface area contributed by atoms with Crippen molar-refractivity contribution in [1.29, 1.82) is 0 Å². The summed E-state index contributed by atoms with van der Waals surface area (Å²) in [5.41, 5.74) is 0.805. The minimum atomic E-state index is -4.52. The average Bonchev–Trinajstić information content (AvgIpc) is 3.03. The van der Waals surface area contributed by atoms with E-state index in [1.165, 1.54) is 42.5 Å². The zero-order valence-corrected chi connectivity index (χ0v) is 23.8. The number of benzene rings is 4. The lowest BCUT2D eigenvalue weighted by Gasteiger charge is -2.18. The molecule has 0 aromatic heterocycles. The molecule has 0 aliphatic carbocycles. The summed E-state index contributed by atoms with van der Waals surface area (Å²) < 4.78 is 48.4. The molecule has 1 atom stereocenters. The molecular formula is C32H25F3N2O8. The highest BCUT2D eigenvalue weighted by molar-refractivity contribution is 6.00. The molecule has 10 nitrogen and oxygen atoms in total. The Morgan fingerprint density at radius 1 is 0.844 bits per heavy atom. The fourth-order valence-corrected chi connectivity index (χ4v) is 4.51. The summed E-state index contributed by atoms with van der Waals surface area (Å²) in [5.74, 6) is -2.78. The third-order valence-electron chi connectivity index (χ3n) is 6.85. The van der Waals surface area contributed by atoms with Crippen LogP contribution in [0.2, 0.25) is 0 Å². The van der Waals surface area contributed by atoms with Crippen LogP contribution >= 0.6 is 0 Å². The van der Waals surface area contributed by atoms with Gasteiger partial charge in [0.1, 0.15) is 11.8 Å². The summed E-state index contributed by atoms with van der Waals surface area (Å²) in [6, 6.07) is 17.3. The lowest BCUT2D eigenvalue weighted by Crippen LogP contribution is -2.43. The minimum absolute atomic E-state index is 0.00936. The number of amides is 1. The molecule has 0 heterocycles. The van der Waals surface area contributed by atoms with Gasteiger partial charge < -0.3 is 19.9 Å². The molecular weight excluding hydrogens is 597 g/mol. The number of rotatable bonds is 9. The van der Waals surface area contributed by atoms with Crippen LogP contribution in [0.1, 0.15) is 31.8 Å². The van der Waals surface area contributed by atoms with Crippen molar-refractivity contribution < 1.29 is 47.1 Å². The van der Waals surface area contributed by atoms with Crippen molar-refractivity contribution >= 4 is 23.5 Å². The smallest absolute Gasteiger partial charge is 0.416 e. The number of methoxy groups -OCH3 is 2. The van der Waals surface area contributed by atoms with Gasteiger partial charge in [-0.2, -0.15) is 13.2 Å². The Kier molecular flexibility index (Phi) is 9.51. The van der Waals surface area contributed by atoms with Crippen LogP contribution in [0.15, 0.2) is 84.9 Å². The zero-order valence-electron chi connectivity index (χ0n) is 23.8. The van der Waals surface area contributed by atoms with Gasteiger partial charge in [-0.3, -0.25) is 14.9 Å². The number of carbonyl (C=O) groups is 3. The molecule has 1 amide bonds. The lowest BCUT2D eigenvalue weighted by atomic mass is 9.98. The van der Waals surface area contributed by atoms with E-state index in [0.29, 0.717) is 27.8 Å². The molecule has 4 rings (SSSR count). The largest absolute Gasteiger partial charge is 0.507 e. The summed E-state index contributed by atoms with van der Waals surface area (Å²) in [7, 11) is 2.29. The normalized spacial score (nSPS) is 11.8. The van der Waals surface area contributed by atoms with Crippen molar-refractivity contribution in [3.8, 4) is 28.0 Å². The van der Waals surface area contributed by atoms with Crippen LogP contribution in [0.3, 0.4) is 0 Å². The Morgan fingerprint density at radius 3 is 2.02 bits per heavy atom. The van der Waals surface area contributed by atoms with Crippen LogP contribution in [-0.2, 0) is 26.9 Å². The molecule has 0 aliphatic heterocycles. The summed E-state index contributed by atoms with van der Waals surface area (Å²) in [5, 5.41) is 24.3. The van der Waals surface area contributed by atoms with Crippen molar-refractivity contribution in [2.45, 2.75) is 18.6 Å². The van der Waals surface area contributed by atoms with Gasteiger partial charge in [-0.15, -0.1) is 0 Å². The number of nitrogens with zero attached hydrogens (tertiary/aromatic N) is 1. The lowest BCUT2D eigenvalue weighted by molar-refractivity contribution is -0.384. The first kappa shape index (κ1) is 32.2. The van der Waals surface area contributed by atoms with Gasteiger partial charge in [0.15, 0.2) is 0 Å². The maximum absolute atomic E-state index is 13.2. The molecule has 4 aromatic carbocycles. The molecule has 0 bridgehead atoms. The van der Waals surface area contributed by atoms with Crippen LogP contribution in [0, 0.1) is 10.1 Å². The number of halogens is 3. The maximum Gasteiger partial charge on any atom is 0.416 e. The Morgan fingerprint density at radius 2 is 1.44 bits per heavy atom. The Hall–Kier alpha value is -5.72. The monoisotopic (exact) mass is 622 g/mol. The molecule has 2 N–H and O–H groups in total. The van der Waals surface area contributed by atoms with Gasteiger partial charge in [0.2, 0.25) is 0 Å². The molecule has 232 valence electrons. The first-order valence-electron chi connectivity index (χ1n) is 13.2. The number of carbonyl (C=O) groups excluding carboxylic acids is 3. The molecule has 0 unspecified atom stereocenters. The second-order valence-corrected chi connectivity index (χ2v) is 9.77. The number of nitrogens with one attached hydrogen (secondary N) is 1. The van der Waals surface area contributed by atoms with Crippen LogP contribution < -0.4 is 5.32 Å². The van der Waals surface area contributed by atoms with E-state index in [1.54, 1.807) is 24.3 Å². The first-order valence-corrected chi connectivity index (χ1v) is 13.2. The second kappa shape index (κ2) is 13.3. The standard InChI is InChI=1S/C32H25F3N2O8/c1-44-30(40)23-14-22(15-25(16-23)37(42)43)20-5-3-18(4-6-20)13-27(31(41)45-2)36-29(39)26-17-21(9-12-28(26)38)19-7-10-24(11-8-19)32(33,34)35/h3-12,14-17,27,38H,13H2,1-2H3,(H,36,39)/t27-/m0/s1. The Bertz CT molecular complexity index is 1750. The fourth-order valence-electron chi connectivity index (χ4n) is 4.51. The topological polar surface area (TPSA) is 145 Å². The van der Waals surface area contributed by atoms with Crippen LogP contribution in [0.5, 0.6) is 5.75 Å². The number of non-ortho nitro benzene ring substituents is 1. The van der Waals surface area contributed by atoms with E-state index >= 15 is 0 Å². The number of aromatic hydroxyl groups is 1. The van der Waals surface area contributed by atoms with Crippen molar-refractivity contribution in [2.75, 3.05) is 14.2 Å². The van der Waals surface area contributed by atoms with Crippen molar-refractivity contribution in [2.24, 2.45) is 0 Å². The molecule has 4 aromatic rings. The number of alkyl halides is 3. The molecule has 0 spiro atoms. The second-order valence-electron chi connectivity index (χ2n) is 9.77. The fraction of sp³-hybridized carbons (Fsp3) is 0.156. The third kappa shape index (κ3) is 7.63. The highest BCUT2D eigenvalue weighted by Gasteiger charge is 2.30. The van der Waals surface area contributed by atoms with E-state index in [9.17, 15) is 42.8 Å². The number of esters is 2. The van der Waals surface area contributed by atoms with E-state index in [2.05, 4.69) is 10.1 Å². The number of nitro groups is 1. The number of hydrogen-bond donors (Lipinski definition) is 2. The van der Waals surface area contributed by atoms with Gasteiger partial charge in [0.25, 0.3) is 11.6 Å². The first-order chi connectivity index (χ1) is 21.3. The molecule has 0 aliphatic rings. The van der Waals surface area contributed by atoms with Crippen molar-refractivity contribution in [3.63, 3.8) is 0 Å². The van der Waals surface area contributed by atoms with Gasteiger partial charge in [-0.25, -0.2) is 9.59 Å². The van der Waals surface area contributed by atoms with Gasteiger partial charge in [0, 0.05) is 18.6 Å². The van der Waals surface area contributed by atoms with Crippen LogP contribution in [0.25, 0.3) is 22.3 Å². The van der Waals surface area contributed by atoms with Gasteiger partial charge in [-0.05, 0) is 58.1 Å². The Labute approximate surface area is 254 Å². The number of phenols is 1. The van der Waals surface area contributed by atoms with Crippen LogP contribution in [-0.4, -0.2) is 48.1 Å². The molecule has 13 heteroatoms.